The average molecular weight is 628 g/mol. The van der Waals surface area contributed by atoms with Crippen molar-refractivity contribution in [2.45, 2.75) is 51.1 Å². The highest BCUT2D eigenvalue weighted by molar-refractivity contribution is 7.92. The molecule has 0 heterocycles. The van der Waals surface area contributed by atoms with E-state index in [9.17, 15) is 18.0 Å². The summed E-state index contributed by atoms with van der Waals surface area (Å²) in [5, 5.41) is 2.97. The molecule has 0 fully saturated rings. The molecule has 236 valence electrons. The number of anilines is 1. The summed E-state index contributed by atoms with van der Waals surface area (Å²) in [6, 6.07) is 29.4. The molecule has 0 unspecified atom stereocenters. The van der Waals surface area contributed by atoms with Gasteiger partial charge in [0.1, 0.15) is 18.3 Å². The molecule has 0 aliphatic rings. The number of carbonyl (C=O) groups is 2. The van der Waals surface area contributed by atoms with Crippen molar-refractivity contribution in [2.75, 3.05) is 24.5 Å². The van der Waals surface area contributed by atoms with Crippen molar-refractivity contribution in [3.8, 4) is 5.75 Å². The highest BCUT2D eigenvalue weighted by atomic mass is 32.2. The molecule has 1 atom stereocenters. The maximum absolute atomic E-state index is 14.5. The molecule has 4 rings (SSSR count). The fraction of sp³-hybridized carbons (Fsp3) is 0.278. The van der Waals surface area contributed by atoms with Gasteiger partial charge in [-0.3, -0.25) is 13.9 Å². The van der Waals surface area contributed by atoms with Gasteiger partial charge in [-0.1, -0.05) is 84.8 Å². The van der Waals surface area contributed by atoms with Gasteiger partial charge in [0.15, 0.2) is 0 Å². The molecule has 0 aliphatic heterocycles. The van der Waals surface area contributed by atoms with Crippen LogP contribution in [0.3, 0.4) is 0 Å². The SMILES string of the molecule is CCCNC(=O)[C@@H](Cc1ccccc1)N(Cc1cccc(C)c1)C(=O)CN(c1ccc(OC)cc1)S(=O)(=O)c1ccc(C)cc1. The van der Waals surface area contributed by atoms with E-state index < -0.39 is 28.5 Å². The quantitative estimate of drug-likeness (QED) is 0.194. The number of aryl methyl sites for hydroxylation is 2. The number of hydrogen-bond acceptors (Lipinski definition) is 5. The van der Waals surface area contributed by atoms with Crippen molar-refractivity contribution >= 4 is 27.5 Å². The van der Waals surface area contributed by atoms with E-state index in [2.05, 4.69) is 5.32 Å². The third-order valence-electron chi connectivity index (χ3n) is 7.50. The molecule has 2 amide bonds. The number of amides is 2. The molecular formula is C36H41N3O5S. The number of nitrogens with one attached hydrogen (secondary N) is 1. The van der Waals surface area contributed by atoms with E-state index in [0.29, 0.717) is 18.0 Å². The number of benzene rings is 4. The third-order valence-corrected chi connectivity index (χ3v) is 9.29. The smallest absolute Gasteiger partial charge is 0.264 e. The van der Waals surface area contributed by atoms with Crippen molar-refractivity contribution in [3.63, 3.8) is 0 Å². The first-order valence-corrected chi connectivity index (χ1v) is 16.5. The Morgan fingerprint density at radius 2 is 1.49 bits per heavy atom. The van der Waals surface area contributed by atoms with Crippen LogP contribution in [0.15, 0.2) is 108 Å². The second-order valence-corrected chi connectivity index (χ2v) is 12.9. The fourth-order valence-electron chi connectivity index (χ4n) is 5.04. The number of sulfonamides is 1. The zero-order chi connectivity index (χ0) is 32.4. The van der Waals surface area contributed by atoms with E-state index in [4.69, 9.17) is 4.74 Å². The summed E-state index contributed by atoms with van der Waals surface area (Å²) >= 11 is 0. The van der Waals surface area contributed by atoms with Crippen LogP contribution in [0.5, 0.6) is 5.75 Å². The third kappa shape index (κ3) is 8.73. The van der Waals surface area contributed by atoms with Crippen molar-refractivity contribution in [1.82, 2.24) is 10.2 Å². The van der Waals surface area contributed by atoms with E-state index in [-0.39, 0.29) is 23.8 Å². The Hall–Kier alpha value is -4.63. The molecule has 0 aromatic heterocycles. The van der Waals surface area contributed by atoms with Crippen molar-refractivity contribution in [2.24, 2.45) is 0 Å². The predicted octanol–water partition coefficient (Wildman–Crippen LogP) is 5.67. The van der Waals surface area contributed by atoms with Gasteiger partial charge in [0.2, 0.25) is 11.8 Å². The number of carbonyl (C=O) groups excluding carboxylic acids is 2. The van der Waals surface area contributed by atoms with Crippen LogP contribution in [-0.4, -0.2) is 51.4 Å². The van der Waals surface area contributed by atoms with Crippen LogP contribution in [-0.2, 0) is 32.6 Å². The molecule has 0 saturated carbocycles. The minimum atomic E-state index is -4.17. The maximum atomic E-state index is 14.5. The van der Waals surface area contributed by atoms with Gasteiger partial charge in [-0.05, 0) is 67.8 Å². The number of ether oxygens (including phenoxy) is 1. The van der Waals surface area contributed by atoms with Crippen LogP contribution >= 0.6 is 0 Å². The lowest BCUT2D eigenvalue weighted by Crippen LogP contribution is -2.53. The highest BCUT2D eigenvalue weighted by Crippen LogP contribution is 2.27. The summed E-state index contributed by atoms with van der Waals surface area (Å²) in [7, 11) is -2.65. The summed E-state index contributed by atoms with van der Waals surface area (Å²) in [5.74, 6) is -0.246. The summed E-state index contributed by atoms with van der Waals surface area (Å²) in [6.45, 7) is 5.87. The fourth-order valence-corrected chi connectivity index (χ4v) is 6.46. The largest absolute Gasteiger partial charge is 0.497 e. The molecule has 1 N–H and O–H groups in total. The Bertz CT molecular complexity index is 1670. The molecule has 45 heavy (non-hydrogen) atoms. The lowest BCUT2D eigenvalue weighted by atomic mass is 10.0. The highest BCUT2D eigenvalue weighted by Gasteiger charge is 2.34. The van der Waals surface area contributed by atoms with E-state index in [0.717, 1.165) is 33.0 Å². The van der Waals surface area contributed by atoms with Crippen LogP contribution in [0.1, 0.15) is 35.6 Å². The lowest BCUT2D eigenvalue weighted by Gasteiger charge is -2.34. The molecule has 0 bridgehead atoms. The van der Waals surface area contributed by atoms with Gasteiger partial charge in [0.05, 0.1) is 17.7 Å². The van der Waals surface area contributed by atoms with Gasteiger partial charge in [0, 0.05) is 19.5 Å². The standard InChI is InChI=1S/C36H41N3O5S/c1-5-22-37-36(41)34(24-29-11-7-6-8-12-29)38(25-30-13-9-10-28(3)23-30)35(40)26-39(31-16-18-32(44-4)19-17-31)45(42,43)33-20-14-27(2)15-21-33/h6-21,23,34H,5,22,24-26H2,1-4H3,(H,37,41)/t34-/m1/s1. The first-order valence-electron chi connectivity index (χ1n) is 15.0. The number of methoxy groups -OCH3 is 1. The van der Waals surface area contributed by atoms with Gasteiger partial charge in [-0.15, -0.1) is 0 Å². The summed E-state index contributed by atoms with van der Waals surface area (Å²) < 4.78 is 34.7. The van der Waals surface area contributed by atoms with Crippen LogP contribution in [0.25, 0.3) is 0 Å². The Kier molecular flexibility index (Phi) is 11.4. The van der Waals surface area contributed by atoms with E-state index in [1.54, 1.807) is 36.4 Å². The van der Waals surface area contributed by atoms with Crippen LogP contribution < -0.4 is 14.4 Å². The second-order valence-electron chi connectivity index (χ2n) is 11.0. The summed E-state index contributed by atoms with van der Waals surface area (Å²) in [6.07, 6.45) is 0.997. The minimum absolute atomic E-state index is 0.0588. The Morgan fingerprint density at radius 1 is 0.822 bits per heavy atom. The monoisotopic (exact) mass is 627 g/mol. The van der Waals surface area contributed by atoms with Crippen molar-refractivity contribution in [1.29, 1.82) is 0 Å². The molecule has 0 saturated heterocycles. The molecule has 4 aromatic carbocycles. The first-order chi connectivity index (χ1) is 21.6. The Labute approximate surface area is 266 Å². The second kappa shape index (κ2) is 15.4. The zero-order valence-electron chi connectivity index (χ0n) is 26.3. The summed E-state index contributed by atoms with van der Waals surface area (Å²) in [4.78, 5) is 29.8. The molecule has 8 nitrogen and oxygen atoms in total. The number of nitrogens with zero attached hydrogens (tertiary/aromatic N) is 2. The topological polar surface area (TPSA) is 96.0 Å². The Morgan fingerprint density at radius 3 is 2.11 bits per heavy atom. The lowest BCUT2D eigenvalue weighted by molar-refractivity contribution is -0.140. The van der Waals surface area contributed by atoms with E-state index in [1.165, 1.54) is 24.1 Å². The number of hydrogen-bond donors (Lipinski definition) is 1. The van der Waals surface area contributed by atoms with E-state index >= 15 is 0 Å². The zero-order valence-corrected chi connectivity index (χ0v) is 27.1. The van der Waals surface area contributed by atoms with E-state index in [1.807, 2.05) is 75.4 Å². The average Bonchev–Trinajstić information content (AvgIpc) is 3.04. The van der Waals surface area contributed by atoms with Crippen LogP contribution in [0.4, 0.5) is 5.69 Å². The maximum Gasteiger partial charge on any atom is 0.264 e. The normalized spacial score (nSPS) is 11.8. The van der Waals surface area contributed by atoms with Crippen LogP contribution in [0.2, 0.25) is 0 Å². The van der Waals surface area contributed by atoms with Gasteiger partial charge in [-0.2, -0.15) is 0 Å². The van der Waals surface area contributed by atoms with Gasteiger partial charge >= 0.3 is 0 Å². The Balaban J connectivity index is 1.80. The van der Waals surface area contributed by atoms with Gasteiger partial charge < -0.3 is 15.0 Å². The molecule has 0 spiro atoms. The van der Waals surface area contributed by atoms with Crippen LogP contribution in [0, 0.1) is 13.8 Å². The summed E-state index contributed by atoms with van der Waals surface area (Å²) in [5.41, 5.74) is 3.94. The molecule has 4 aromatic rings. The first kappa shape index (κ1) is 33.3. The number of rotatable bonds is 14. The molecular weight excluding hydrogens is 586 g/mol. The molecule has 9 heteroatoms. The van der Waals surface area contributed by atoms with Crippen molar-refractivity contribution in [3.05, 3.63) is 125 Å². The molecule has 0 radical (unpaired) electrons. The predicted molar refractivity (Wildman–Crippen MR) is 178 cm³/mol. The van der Waals surface area contributed by atoms with Gasteiger partial charge in [-0.25, -0.2) is 8.42 Å². The molecule has 0 aliphatic carbocycles. The van der Waals surface area contributed by atoms with Crippen molar-refractivity contribution < 1.29 is 22.7 Å². The minimum Gasteiger partial charge on any atom is -0.497 e. The van der Waals surface area contributed by atoms with Gasteiger partial charge in [0.25, 0.3) is 10.0 Å².